The number of nitrogens with zero attached hydrogens (tertiary/aromatic N) is 1. The largest absolute Gasteiger partial charge is 0.384 e. The van der Waals surface area contributed by atoms with Gasteiger partial charge in [0.05, 0.1) is 13.2 Å². The van der Waals surface area contributed by atoms with Crippen molar-refractivity contribution in [3.8, 4) is 0 Å². The van der Waals surface area contributed by atoms with E-state index in [0.29, 0.717) is 6.42 Å². The second-order valence-corrected chi connectivity index (χ2v) is 7.16. The van der Waals surface area contributed by atoms with Crippen LogP contribution in [-0.2, 0) is 10.3 Å². The molecule has 3 rings (SSSR count). The maximum atomic E-state index is 11.9. The molecule has 0 aromatic heterocycles. The van der Waals surface area contributed by atoms with Crippen molar-refractivity contribution >= 4 is 12.4 Å². The number of halogens is 1. The molecule has 27 heavy (non-hydrogen) atoms. The van der Waals surface area contributed by atoms with E-state index >= 15 is 0 Å². The van der Waals surface area contributed by atoms with Crippen molar-refractivity contribution in [1.82, 2.24) is 4.90 Å². The Morgan fingerprint density at radius 1 is 1.11 bits per heavy atom. The molecular formula is C23H30ClNO2. The normalized spacial score (nSPS) is 18.1. The van der Waals surface area contributed by atoms with E-state index in [-0.39, 0.29) is 18.3 Å². The molecule has 1 N–H and O–H groups in total. The van der Waals surface area contributed by atoms with Crippen LogP contribution in [0.25, 0.3) is 0 Å². The number of aryl methyl sites for hydroxylation is 1. The number of hydrogen-bond acceptors (Lipinski definition) is 3. The molecule has 0 saturated carbocycles. The first-order valence-corrected chi connectivity index (χ1v) is 9.39. The topological polar surface area (TPSA) is 32.7 Å². The second-order valence-electron chi connectivity index (χ2n) is 7.16. The molecule has 4 heteroatoms. The molecule has 0 spiro atoms. The number of ether oxygens (including phenoxy) is 1. The highest BCUT2D eigenvalue weighted by molar-refractivity contribution is 5.85. The van der Waals surface area contributed by atoms with Crippen molar-refractivity contribution < 1.29 is 9.84 Å². The quantitative estimate of drug-likeness (QED) is 0.719. The molecular weight excluding hydrogens is 358 g/mol. The summed E-state index contributed by atoms with van der Waals surface area (Å²) in [6.07, 6.45) is 2.34. The lowest BCUT2D eigenvalue weighted by molar-refractivity contribution is -0.0206. The van der Waals surface area contributed by atoms with Gasteiger partial charge < -0.3 is 9.84 Å². The summed E-state index contributed by atoms with van der Waals surface area (Å²) in [6.45, 7) is 10.1. The number of aliphatic hydroxyl groups is 1. The van der Waals surface area contributed by atoms with Gasteiger partial charge in [-0.3, -0.25) is 4.90 Å². The van der Waals surface area contributed by atoms with Gasteiger partial charge in [-0.2, -0.15) is 0 Å². The summed E-state index contributed by atoms with van der Waals surface area (Å²) in [7, 11) is 0. The molecule has 1 heterocycles. The van der Waals surface area contributed by atoms with Gasteiger partial charge in [-0.1, -0.05) is 66.2 Å². The predicted molar refractivity (Wildman–Crippen MR) is 114 cm³/mol. The molecule has 0 aliphatic carbocycles. The van der Waals surface area contributed by atoms with Crippen LogP contribution < -0.4 is 0 Å². The third-order valence-electron chi connectivity index (χ3n) is 5.33. The third-order valence-corrected chi connectivity index (χ3v) is 5.33. The van der Waals surface area contributed by atoms with E-state index in [2.05, 4.69) is 42.7 Å². The Hall–Kier alpha value is -1.65. The standard InChI is InChI=1S/C23H29NO2.ClH/c1-3-13-23(25,21-11-9-19(2)10-12-21)22(20-7-5-4-6-8-20)18-24-14-16-26-17-15-24;/h3-12,22,25H,1,13-18H2,2H3;1H. The summed E-state index contributed by atoms with van der Waals surface area (Å²) < 4.78 is 5.50. The molecule has 1 fully saturated rings. The van der Waals surface area contributed by atoms with Crippen molar-refractivity contribution in [3.63, 3.8) is 0 Å². The maximum absolute atomic E-state index is 11.9. The van der Waals surface area contributed by atoms with E-state index in [1.54, 1.807) is 0 Å². The SMILES string of the molecule is C=CCC(O)(c1ccc(C)cc1)C(CN1CCOCC1)c1ccccc1.Cl. The molecule has 2 aromatic rings. The van der Waals surface area contributed by atoms with Crippen LogP contribution in [0.15, 0.2) is 67.3 Å². The van der Waals surface area contributed by atoms with Gasteiger partial charge in [0.15, 0.2) is 0 Å². The zero-order valence-corrected chi connectivity index (χ0v) is 16.8. The Morgan fingerprint density at radius 3 is 2.33 bits per heavy atom. The van der Waals surface area contributed by atoms with Gasteiger partial charge in [-0.15, -0.1) is 19.0 Å². The highest BCUT2D eigenvalue weighted by Gasteiger charge is 2.39. The van der Waals surface area contributed by atoms with Gasteiger partial charge in [0, 0.05) is 25.6 Å². The van der Waals surface area contributed by atoms with Gasteiger partial charge in [0.2, 0.25) is 0 Å². The van der Waals surface area contributed by atoms with Gasteiger partial charge in [-0.05, 0) is 24.5 Å². The lowest BCUT2D eigenvalue weighted by Gasteiger charge is -2.40. The summed E-state index contributed by atoms with van der Waals surface area (Å²) >= 11 is 0. The van der Waals surface area contributed by atoms with Crippen LogP contribution in [0.4, 0.5) is 0 Å². The molecule has 3 nitrogen and oxygen atoms in total. The molecule has 0 bridgehead atoms. The molecule has 2 atom stereocenters. The minimum absolute atomic E-state index is 0. The molecule has 1 aliphatic rings. The van der Waals surface area contributed by atoms with E-state index in [1.165, 1.54) is 5.56 Å². The Kier molecular flexibility index (Phi) is 8.06. The number of morpholine rings is 1. The van der Waals surface area contributed by atoms with Crippen LogP contribution in [-0.4, -0.2) is 42.9 Å². The molecule has 146 valence electrons. The molecule has 2 unspecified atom stereocenters. The average molecular weight is 388 g/mol. The number of hydrogen-bond donors (Lipinski definition) is 1. The van der Waals surface area contributed by atoms with Gasteiger partial charge in [-0.25, -0.2) is 0 Å². The Morgan fingerprint density at radius 2 is 1.74 bits per heavy atom. The molecule has 0 amide bonds. The average Bonchev–Trinajstić information content (AvgIpc) is 2.68. The van der Waals surface area contributed by atoms with Crippen molar-refractivity contribution in [1.29, 1.82) is 0 Å². The van der Waals surface area contributed by atoms with Gasteiger partial charge in [0.1, 0.15) is 5.60 Å². The van der Waals surface area contributed by atoms with Crippen LogP contribution in [0.1, 0.15) is 29.0 Å². The van der Waals surface area contributed by atoms with Crippen molar-refractivity contribution in [2.75, 3.05) is 32.8 Å². The fourth-order valence-electron chi connectivity index (χ4n) is 3.78. The Bertz CT molecular complexity index is 698. The van der Waals surface area contributed by atoms with Gasteiger partial charge in [0.25, 0.3) is 0 Å². The lowest BCUT2D eigenvalue weighted by atomic mass is 9.74. The molecule has 1 saturated heterocycles. The van der Waals surface area contributed by atoms with Crippen LogP contribution in [0.3, 0.4) is 0 Å². The number of benzene rings is 2. The van der Waals surface area contributed by atoms with Crippen molar-refractivity contribution in [3.05, 3.63) is 83.9 Å². The highest BCUT2D eigenvalue weighted by atomic mass is 35.5. The maximum Gasteiger partial charge on any atom is 0.101 e. The summed E-state index contributed by atoms with van der Waals surface area (Å²) in [4.78, 5) is 2.39. The smallest absolute Gasteiger partial charge is 0.101 e. The fraction of sp³-hybridized carbons (Fsp3) is 0.391. The summed E-state index contributed by atoms with van der Waals surface area (Å²) in [5, 5.41) is 11.9. The monoisotopic (exact) mass is 387 g/mol. The first kappa shape index (κ1) is 21.6. The Balaban J connectivity index is 0.00000261. The third kappa shape index (κ3) is 5.20. The zero-order chi connectivity index (χ0) is 18.4. The summed E-state index contributed by atoms with van der Waals surface area (Å²) in [5.41, 5.74) is 2.31. The van der Waals surface area contributed by atoms with Crippen LogP contribution in [0, 0.1) is 6.92 Å². The van der Waals surface area contributed by atoms with Gasteiger partial charge >= 0.3 is 0 Å². The minimum Gasteiger partial charge on any atom is -0.384 e. The van der Waals surface area contributed by atoms with Crippen LogP contribution >= 0.6 is 12.4 Å². The van der Waals surface area contributed by atoms with E-state index in [9.17, 15) is 5.11 Å². The lowest BCUT2D eigenvalue weighted by Crippen LogP contribution is -2.44. The Labute approximate surface area is 169 Å². The van der Waals surface area contributed by atoms with Crippen molar-refractivity contribution in [2.45, 2.75) is 24.9 Å². The fourth-order valence-corrected chi connectivity index (χ4v) is 3.78. The minimum atomic E-state index is -0.991. The number of rotatable bonds is 7. The zero-order valence-electron chi connectivity index (χ0n) is 16.0. The summed E-state index contributed by atoms with van der Waals surface area (Å²) in [6, 6.07) is 18.6. The molecule has 0 radical (unpaired) electrons. The van der Waals surface area contributed by atoms with E-state index in [4.69, 9.17) is 4.74 Å². The van der Waals surface area contributed by atoms with E-state index in [1.807, 2.05) is 36.4 Å². The predicted octanol–water partition coefficient (Wildman–Crippen LogP) is 4.30. The highest BCUT2D eigenvalue weighted by Crippen LogP contribution is 2.41. The second kappa shape index (κ2) is 10.0. The first-order valence-electron chi connectivity index (χ1n) is 9.39. The van der Waals surface area contributed by atoms with Crippen LogP contribution in [0.5, 0.6) is 0 Å². The van der Waals surface area contributed by atoms with Crippen molar-refractivity contribution in [2.24, 2.45) is 0 Å². The van der Waals surface area contributed by atoms with Crippen LogP contribution in [0.2, 0.25) is 0 Å². The molecule has 2 aromatic carbocycles. The van der Waals surface area contributed by atoms with E-state index < -0.39 is 5.60 Å². The van der Waals surface area contributed by atoms with E-state index in [0.717, 1.165) is 44.0 Å². The summed E-state index contributed by atoms with van der Waals surface area (Å²) in [5.74, 6) is -0.0393. The first-order chi connectivity index (χ1) is 12.6. The molecule has 1 aliphatic heterocycles.